The number of carbonyl (C=O) groups excluding carboxylic acids is 1. The highest BCUT2D eigenvalue weighted by molar-refractivity contribution is 7.15. The first-order valence-corrected chi connectivity index (χ1v) is 12.5. The van der Waals surface area contributed by atoms with Crippen LogP contribution in [0.25, 0.3) is 21.9 Å². The van der Waals surface area contributed by atoms with E-state index in [1.165, 1.54) is 15.9 Å². The number of aromatic nitrogens is 3. The van der Waals surface area contributed by atoms with E-state index in [2.05, 4.69) is 17.0 Å². The molecule has 2 aromatic heterocycles. The molecule has 5 rings (SSSR count). The predicted octanol–water partition coefficient (Wildman–Crippen LogP) is 4.06. The Morgan fingerprint density at radius 3 is 2.50 bits per heavy atom. The smallest absolute Gasteiger partial charge is 0.291 e. The van der Waals surface area contributed by atoms with Gasteiger partial charge in [0.05, 0.1) is 17.9 Å². The Kier molecular flexibility index (Phi) is 6.15. The Labute approximate surface area is 201 Å². The second kappa shape index (κ2) is 9.38. The van der Waals surface area contributed by atoms with Gasteiger partial charge in [-0.3, -0.25) is 9.59 Å². The van der Waals surface area contributed by atoms with Crippen molar-refractivity contribution in [1.29, 1.82) is 0 Å². The average molecular weight is 475 g/mol. The Morgan fingerprint density at radius 2 is 1.76 bits per heavy atom. The van der Waals surface area contributed by atoms with E-state index in [4.69, 9.17) is 4.74 Å². The molecule has 0 unspecified atom stereocenters. The molecule has 2 aromatic carbocycles. The van der Waals surface area contributed by atoms with Gasteiger partial charge in [0.15, 0.2) is 5.82 Å². The first-order chi connectivity index (χ1) is 16.6. The van der Waals surface area contributed by atoms with Crippen LogP contribution in [0.5, 0.6) is 5.75 Å². The van der Waals surface area contributed by atoms with Gasteiger partial charge < -0.3 is 9.64 Å². The van der Waals surface area contributed by atoms with E-state index >= 15 is 0 Å². The maximum atomic E-state index is 13.3. The van der Waals surface area contributed by atoms with E-state index < -0.39 is 0 Å². The third kappa shape index (κ3) is 3.88. The van der Waals surface area contributed by atoms with Gasteiger partial charge in [-0.05, 0) is 43.2 Å². The lowest BCUT2D eigenvalue weighted by Gasteiger charge is -2.15. The summed E-state index contributed by atoms with van der Waals surface area (Å²) >= 11 is 1.21. The predicted molar refractivity (Wildman–Crippen MR) is 134 cm³/mol. The van der Waals surface area contributed by atoms with Crippen LogP contribution in [0.3, 0.4) is 0 Å². The van der Waals surface area contributed by atoms with E-state index in [1.807, 2.05) is 55.5 Å². The molecule has 0 bridgehead atoms. The van der Waals surface area contributed by atoms with Crippen LogP contribution in [0.2, 0.25) is 0 Å². The van der Waals surface area contributed by atoms with Crippen molar-refractivity contribution in [3.05, 3.63) is 69.0 Å². The number of amides is 1. The first-order valence-electron chi connectivity index (χ1n) is 11.7. The molecule has 34 heavy (non-hydrogen) atoms. The maximum Gasteiger partial charge on any atom is 0.291 e. The highest BCUT2D eigenvalue weighted by atomic mass is 32.1. The summed E-state index contributed by atoms with van der Waals surface area (Å²) in [5, 5.41) is 4.45. The van der Waals surface area contributed by atoms with Gasteiger partial charge in [-0.1, -0.05) is 56.2 Å². The van der Waals surface area contributed by atoms with E-state index in [0.717, 1.165) is 48.2 Å². The lowest BCUT2D eigenvalue weighted by molar-refractivity contribution is -0.113. The zero-order chi connectivity index (χ0) is 23.7. The third-order valence-corrected chi connectivity index (χ3v) is 6.91. The standard InChI is InChI=1S/C26H26N4O3S/c1-3-5-8-16-33-18-13-11-17(12-14-18)23-27-26-30(28-23)25(32)22(34-26)21-19-9-6-7-10-20(19)29(15-4-2)24(21)31/h6-7,9-14H,3-5,8,15-16H2,1-2H3. The van der Waals surface area contributed by atoms with E-state index in [-0.39, 0.29) is 11.5 Å². The Hall–Kier alpha value is -3.52. The lowest BCUT2D eigenvalue weighted by Crippen LogP contribution is -2.32. The number of anilines is 1. The zero-order valence-corrected chi connectivity index (χ0v) is 20.1. The number of unbranched alkanes of at least 4 members (excludes halogenated alkanes) is 2. The van der Waals surface area contributed by atoms with Crippen molar-refractivity contribution in [2.45, 2.75) is 39.5 Å². The molecule has 1 aliphatic heterocycles. The average Bonchev–Trinajstić information content (AvgIpc) is 3.49. The number of ether oxygens (including phenoxy) is 1. The van der Waals surface area contributed by atoms with Gasteiger partial charge in [0, 0.05) is 17.7 Å². The minimum atomic E-state index is -0.314. The molecule has 3 heterocycles. The molecule has 0 N–H and O–H groups in total. The van der Waals surface area contributed by atoms with Gasteiger partial charge in [0.25, 0.3) is 11.5 Å². The van der Waals surface area contributed by atoms with Crippen LogP contribution in [0.1, 0.15) is 45.1 Å². The Morgan fingerprint density at radius 1 is 0.971 bits per heavy atom. The highest BCUT2D eigenvalue weighted by Gasteiger charge is 2.33. The van der Waals surface area contributed by atoms with Gasteiger partial charge in [0.1, 0.15) is 10.3 Å². The zero-order valence-electron chi connectivity index (χ0n) is 19.3. The van der Waals surface area contributed by atoms with Gasteiger partial charge >= 0.3 is 0 Å². The Balaban J connectivity index is 1.49. The fourth-order valence-electron chi connectivity index (χ4n) is 4.19. The van der Waals surface area contributed by atoms with Crippen molar-refractivity contribution in [1.82, 2.24) is 14.6 Å². The molecule has 4 aromatic rings. The molecule has 0 radical (unpaired) electrons. The van der Waals surface area contributed by atoms with Crippen molar-refractivity contribution >= 4 is 33.5 Å². The van der Waals surface area contributed by atoms with Crippen molar-refractivity contribution < 1.29 is 9.53 Å². The number of hydrogen-bond acceptors (Lipinski definition) is 6. The van der Waals surface area contributed by atoms with Crippen LogP contribution >= 0.6 is 11.3 Å². The number of carbonyl (C=O) groups is 1. The number of para-hydroxylation sites is 1. The summed E-state index contributed by atoms with van der Waals surface area (Å²) in [5.74, 6) is 1.14. The number of fused-ring (bicyclic) bond motifs is 2. The molecule has 0 aliphatic carbocycles. The monoisotopic (exact) mass is 474 g/mol. The van der Waals surface area contributed by atoms with Crippen molar-refractivity contribution in [3.8, 4) is 17.1 Å². The summed E-state index contributed by atoms with van der Waals surface area (Å²) in [6.07, 6.45) is 4.18. The number of benzene rings is 2. The SMILES string of the molecule is CCCCCOc1ccc(-c2nc3sc(=C4C(=O)N(CCC)c5ccccc54)c(=O)n3n2)cc1. The molecule has 174 valence electrons. The summed E-state index contributed by atoms with van der Waals surface area (Å²) < 4.78 is 7.45. The van der Waals surface area contributed by atoms with Gasteiger partial charge in [-0.2, -0.15) is 9.50 Å². The Bertz CT molecular complexity index is 1460. The fourth-order valence-corrected chi connectivity index (χ4v) is 5.19. The number of rotatable bonds is 8. The van der Waals surface area contributed by atoms with Crippen molar-refractivity contribution in [2.75, 3.05) is 18.1 Å². The summed E-state index contributed by atoms with van der Waals surface area (Å²) in [4.78, 5) is 33.3. The summed E-state index contributed by atoms with van der Waals surface area (Å²) in [5.41, 5.74) is 2.57. The van der Waals surface area contributed by atoms with Crippen LogP contribution in [0.15, 0.2) is 53.3 Å². The number of nitrogens with zero attached hydrogens (tertiary/aromatic N) is 4. The molecule has 0 saturated carbocycles. The van der Waals surface area contributed by atoms with Gasteiger partial charge in [-0.25, -0.2) is 0 Å². The third-order valence-electron chi connectivity index (χ3n) is 5.88. The molecule has 0 spiro atoms. The second-order valence-electron chi connectivity index (χ2n) is 8.30. The van der Waals surface area contributed by atoms with Crippen LogP contribution in [0.4, 0.5) is 5.69 Å². The molecule has 8 heteroatoms. The minimum absolute atomic E-state index is 0.139. The van der Waals surface area contributed by atoms with E-state index in [9.17, 15) is 9.59 Å². The maximum absolute atomic E-state index is 13.3. The van der Waals surface area contributed by atoms with Crippen molar-refractivity contribution in [2.24, 2.45) is 0 Å². The summed E-state index contributed by atoms with van der Waals surface area (Å²) in [6, 6.07) is 15.2. The second-order valence-corrected chi connectivity index (χ2v) is 9.27. The number of hydrogen-bond donors (Lipinski definition) is 0. The van der Waals surface area contributed by atoms with Crippen LogP contribution in [-0.4, -0.2) is 33.7 Å². The van der Waals surface area contributed by atoms with Gasteiger partial charge in [-0.15, -0.1) is 5.10 Å². The molecule has 0 fully saturated rings. The van der Waals surface area contributed by atoms with Crippen LogP contribution in [-0.2, 0) is 4.79 Å². The van der Waals surface area contributed by atoms with Crippen LogP contribution < -0.4 is 19.7 Å². The minimum Gasteiger partial charge on any atom is -0.494 e. The molecule has 0 saturated heterocycles. The summed E-state index contributed by atoms with van der Waals surface area (Å²) in [7, 11) is 0. The molecular weight excluding hydrogens is 448 g/mol. The molecule has 0 atom stereocenters. The first kappa shape index (κ1) is 22.3. The molecule has 7 nitrogen and oxygen atoms in total. The van der Waals surface area contributed by atoms with E-state index in [1.54, 1.807) is 4.90 Å². The highest BCUT2D eigenvalue weighted by Crippen LogP contribution is 2.35. The lowest BCUT2D eigenvalue weighted by atomic mass is 10.1. The number of thiazole rings is 1. The van der Waals surface area contributed by atoms with Crippen molar-refractivity contribution in [3.63, 3.8) is 0 Å². The topological polar surface area (TPSA) is 76.8 Å². The quantitative estimate of drug-likeness (QED) is 0.360. The normalized spacial score (nSPS) is 14.8. The van der Waals surface area contributed by atoms with Gasteiger partial charge in [0.2, 0.25) is 4.96 Å². The molecular formula is C26H26N4O3S. The van der Waals surface area contributed by atoms with Crippen LogP contribution in [0, 0.1) is 0 Å². The summed E-state index contributed by atoms with van der Waals surface area (Å²) in [6.45, 7) is 5.50. The molecule has 1 amide bonds. The largest absolute Gasteiger partial charge is 0.494 e. The molecule has 1 aliphatic rings. The van der Waals surface area contributed by atoms with E-state index in [0.29, 0.717) is 34.0 Å². The fraction of sp³-hybridized carbons (Fsp3) is 0.308.